The second kappa shape index (κ2) is 5.83. The monoisotopic (exact) mass is 191 g/mol. The van der Waals surface area contributed by atoms with Gasteiger partial charge in [-0.15, -0.1) is 4.91 Å². The maximum absolute atomic E-state index is 10.1. The number of rotatable bonds is 5. The van der Waals surface area contributed by atoms with Crippen LogP contribution in [0.2, 0.25) is 0 Å². The zero-order valence-corrected chi connectivity index (χ0v) is 6.91. The number of hydrogen-bond acceptors (Lipinski definition) is 5. The lowest BCUT2D eigenvalue weighted by atomic mass is 10.6. The quantitative estimate of drug-likeness (QED) is 0.198. The molecule has 0 aliphatic heterocycles. The van der Waals surface area contributed by atoms with Crippen molar-refractivity contribution in [2.75, 3.05) is 20.3 Å². The van der Waals surface area contributed by atoms with E-state index in [-0.39, 0.29) is 13.2 Å². The van der Waals surface area contributed by atoms with E-state index in [1.165, 1.54) is 7.11 Å². The predicted molar refractivity (Wildman–Crippen MR) is 43.0 cm³/mol. The molecule has 0 aliphatic rings. The lowest BCUT2D eigenvalue weighted by Gasteiger charge is -2.09. The fourth-order valence-corrected chi connectivity index (χ4v) is 0.510. The van der Waals surface area contributed by atoms with Crippen molar-refractivity contribution in [3.63, 3.8) is 0 Å². The van der Waals surface area contributed by atoms with Gasteiger partial charge in [-0.3, -0.25) is 0 Å². The summed E-state index contributed by atoms with van der Waals surface area (Å²) in [6.45, 7) is 0.183. The summed E-state index contributed by atoms with van der Waals surface area (Å²) in [6, 6.07) is 0. The van der Waals surface area contributed by atoms with Gasteiger partial charge in [-0.2, -0.15) is 5.01 Å². The van der Waals surface area contributed by atoms with Gasteiger partial charge in [0.25, 0.3) is 5.96 Å². The lowest BCUT2D eigenvalue weighted by molar-refractivity contribution is -0.485. The van der Waals surface area contributed by atoms with Gasteiger partial charge in [0, 0.05) is 7.11 Å². The number of nitro groups is 1. The van der Waals surface area contributed by atoms with Crippen LogP contribution in [0.1, 0.15) is 0 Å². The molecule has 0 aliphatic carbocycles. The Bertz CT molecular complexity index is 217. The number of guanidine groups is 1. The highest BCUT2D eigenvalue weighted by atomic mass is 16.7. The van der Waals surface area contributed by atoms with Crippen LogP contribution in [0.3, 0.4) is 0 Å². The molecule has 0 aromatic carbocycles. The van der Waals surface area contributed by atoms with Crippen LogP contribution >= 0.6 is 0 Å². The van der Waals surface area contributed by atoms with Gasteiger partial charge < -0.3 is 10.5 Å². The average molecular weight is 191 g/mol. The van der Waals surface area contributed by atoms with Crippen molar-refractivity contribution in [3.8, 4) is 0 Å². The highest BCUT2D eigenvalue weighted by Gasteiger charge is 2.11. The fraction of sp³-hybridized carbons (Fsp3) is 0.750. The Hall–Kier alpha value is -1.77. The zero-order chi connectivity index (χ0) is 10.3. The molecule has 0 spiro atoms. The molecule has 0 rings (SSSR count). The number of methoxy groups -OCH3 is 1. The second-order valence-electron chi connectivity index (χ2n) is 1.89. The molecule has 0 heterocycles. The minimum atomic E-state index is -1.01. The normalized spacial score (nSPS) is 11.0. The van der Waals surface area contributed by atoms with E-state index < -0.39 is 11.0 Å². The summed E-state index contributed by atoms with van der Waals surface area (Å²) in [5.74, 6) is -0.572. The van der Waals surface area contributed by atoms with Gasteiger partial charge in [0.05, 0.1) is 18.4 Å². The summed E-state index contributed by atoms with van der Waals surface area (Å²) in [7, 11) is 1.41. The molecular weight excluding hydrogens is 182 g/mol. The van der Waals surface area contributed by atoms with E-state index in [1.54, 1.807) is 0 Å². The summed E-state index contributed by atoms with van der Waals surface area (Å²) in [6.07, 6.45) is 0. The summed E-state index contributed by atoms with van der Waals surface area (Å²) in [5.41, 5.74) is 5.06. The van der Waals surface area contributed by atoms with Crippen molar-refractivity contribution < 1.29 is 9.77 Å². The summed E-state index contributed by atoms with van der Waals surface area (Å²) in [4.78, 5) is 19.9. The van der Waals surface area contributed by atoms with Crippen molar-refractivity contribution in [3.05, 3.63) is 15.0 Å². The van der Waals surface area contributed by atoms with E-state index in [4.69, 9.17) is 5.73 Å². The number of nitrogens with two attached hydrogens (primary N) is 1. The van der Waals surface area contributed by atoms with Crippen LogP contribution in [0.15, 0.2) is 10.4 Å². The highest BCUT2D eigenvalue weighted by Crippen LogP contribution is 1.89. The molecule has 0 aromatic rings. The van der Waals surface area contributed by atoms with E-state index >= 15 is 0 Å². The Kier molecular flexibility index (Phi) is 5.03. The van der Waals surface area contributed by atoms with Gasteiger partial charge in [-0.05, 0) is 0 Å². The molecule has 13 heavy (non-hydrogen) atoms. The van der Waals surface area contributed by atoms with Crippen LogP contribution in [-0.4, -0.2) is 36.3 Å². The molecule has 0 bridgehead atoms. The number of ether oxygens (including phenoxy) is 1. The minimum absolute atomic E-state index is 0.0170. The number of nitroso groups, excluding NO2 is 1. The molecule has 0 amide bonds. The Morgan fingerprint density at radius 2 is 2.38 bits per heavy atom. The van der Waals surface area contributed by atoms with E-state index in [9.17, 15) is 15.0 Å². The predicted octanol–water partition coefficient (Wildman–Crippen LogP) is -0.877. The minimum Gasteiger partial charge on any atom is -0.383 e. The second-order valence-corrected chi connectivity index (χ2v) is 1.89. The average Bonchev–Trinajstić information content (AvgIpc) is 2.04. The topological polar surface area (TPSA) is 123 Å². The Morgan fingerprint density at radius 3 is 2.77 bits per heavy atom. The van der Waals surface area contributed by atoms with Crippen molar-refractivity contribution >= 4 is 5.96 Å². The van der Waals surface area contributed by atoms with Crippen LogP contribution < -0.4 is 5.73 Å². The molecule has 74 valence electrons. The molecule has 0 radical (unpaired) electrons. The van der Waals surface area contributed by atoms with Crippen LogP contribution in [0, 0.1) is 15.0 Å². The summed E-state index contributed by atoms with van der Waals surface area (Å²) >= 11 is 0. The first kappa shape index (κ1) is 11.2. The number of hydrogen-bond donors (Lipinski definition) is 1. The molecule has 0 fully saturated rings. The standard InChI is InChI=1S/C4H9N5O4/c1-13-3-2-8(7-10)4(5)6-9(11)12/h2-3H2,1H3,(H2,5,6). The van der Waals surface area contributed by atoms with Crippen LogP contribution in [-0.2, 0) is 4.74 Å². The maximum atomic E-state index is 10.1. The van der Waals surface area contributed by atoms with E-state index in [0.717, 1.165) is 0 Å². The molecule has 2 N–H and O–H groups in total. The van der Waals surface area contributed by atoms with Gasteiger partial charge in [0.2, 0.25) is 0 Å². The van der Waals surface area contributed by atoms with Crippen LogP contribution in [0.25, 0.3) is 0 Å². The molecule has 0 aromatic heterocycles. The number of nitrogens with zero attached hydrogens (tertiary/aromatic N) is 4. The van der Waals surface area contributed by atoms with Crippen LogP contribution in [0.4, 0.5) is 0 Å². The molecule has 0 saturated carbocycles. The first-order chi connectivity index (χ1) is 6.11. The van der Waals surface area contributed by atoms with Gasteiger partial charge >= 0.3 is 0 Å². The third-order valence-corrected chi connectivity index (χ3v) is 1.05. The van der Waals surface area contributed by atoms with E-state index in [2.05, 4.69) is 15.1 Å². The van der Waals surface area contributed by atoms with Gasteiger partial charge in [-0.25, -0.2) is 10.1 Å². The SMILES string of the molecule is COCCN(N=O)/C(N)=N/[N+](=O)[O-]. The summed E-state index contributed by atoms with van der Waals surface area (Å²) < 4.78 is 4.61. The highest BCUT2D eigenvalue weighted by molar-refractivity contribution is 5.76. The fourth-order valence-electron chi connectivity index (χ4n) is 0.510. The molecule has 0 saturated heterocycles. The first-order valence-electron chi connectivity index (χ1n) is 3.20. The third-order valence-electron chi connectivity index (χ3n) is 1.05. The first-order valence-corrected chi connectivity index (χ1v) is 3.20. The van der Waals surface area contributed by atoms with Crippen molar-refractivity contribution in [2.24, 2.45) is 16.1 Å². The molecule has 9 heteroatoms. The summed E-state index contributed by atoms with van der Waals surface area (Å²) in [5, 5.41) is 14.6. The molecule has 0 atom stereocenters. The Balaban J connectivity index is 4.22. The maximum Gasteiger partial charge on any atom is 0.291 e. The van der Waals surface area contributed by atoms with Crippen molar-refractivity contribution in [2.45, 2.75) is 0 Å². The molecule has 0 unspecified atom stereocenters. The van der Waals surface area contributed by atoms with Gasteiger partial charge in [0.1, 0.15) is 5.10 Å². The zero-order valence-electron chi connectivity index (χ0n) is 6.91. The molecular formula is C4H9N5O4. The number of hydrazone groups is 1. The largest absolute Gasteiger partial charge is 0.383 e. The van der Waals surface area contributed by atoms with Crippen LogP contribution in [0.5, 0.6) is 0 Å². The van der Waals surface area contributed by atoms with Crippen molar-refractivity contribution in [1.82, 2.24) is 5.01 Å². The van der Waals surface area contributed by atoms with Gasteiger partial charge in [-0.1, -0.05) is 0 Å². The van der Waals surface area contributed by atoms with Gasteiger partial charge in [0.15, 0.2) is 5.03 Å². The smallest absolute Gasteiger partial charge is 0.291 e. The lowest BCUT2D eigenvalue weighted by Crippen LogP contribution is -2.35. The Morgan fingerprint density at radius 1 is 1.77 bits per heavy atom. The Labute approximate surface area is 73.2 Å². The van der Waals surface area contributed by atoms with E-state index in [0.29, 0.717) is 5.01 Å². The third kappa shape index (κ3) is 4.63. The van der Waals surface area contributed by atoms with E-state index in [1.807, 2.05) is 0 Å². The van der Waals surface area contributed by atoms with Crippen molar-refractivity contribution in [1.29, 1.82) is 0 Å². The molecule has 9 nitrogen and oxygen atoms in total.